The van der Waals surface area contributed by atoms with Crippen molar-refractivity contribution in [2.45, 2.75) is 13.1 Å². The van der Waals surface area contributed by atoms with E-state index in [1.807, 2.05) is 18.9 Å². The van der Waals surface area contributed by atoms with Gasteiger partial charge in [0.05, 0.1) is 12.7 Å². The van der Waals surface area contributed by atoms with E-state index in [0.717, 1.165) is 13.1 Å². The zero-order chi connectivity index (χ0) is 8.27. The number of nitrogens with one attached hydrogen (secondary N) is 2. The third-order valence-corrected chi connectivity index (χ3v) is 2.01. The Morgan fingerprint density at radius 1 is 1.73 bits per heavy atom. The van der Waals surface area contributed by atoms with Crippen molar-refractivity contribution in [3.63, 3.8) is 0 Å². The molecule has 0 bridgehead atoms. The van der Waals surface area contributed by atoms with Crippen molar-refractivity contribution in [3.8, 4) is 0 Å². The minimum absolute atomic E-state index is 0.157. The Labute approximate surface area is 66.9 Å². The van der Waals surface area contributed by atoms with Gasteiger partial charge in [-0.05, 0) is 14.0 Å². The van der Waals surface area contributed by atoms with Crippen molar-refractivity contribution in [2.24, 2.45) is 0 Å². The first-order valence-electron chi connectivity index (χ1n) is 3.93. The molecule has 64 valence electrons. The molecular formula is C7H15N3O. The van der Waals surface area contributed by atoms with Gasteiger partial charge >= 0.3 is 0 Å². The fraction of sp³-hybridized carbons (Fsp3) is 0.857. The average molecular weight is 157 g/mol. The summed E-state index contributed by atoms with van der Waals surface area (Å²) in [5.74, 6) is 0.179. The van der Waals surface area contributed by atoms with Crippen LogP contribution in [0.15, 0.2) is 0 Å². The number of amides is 1. The van der Waals surface area contributed by atoms with Crippen LogP contribution in [0.5, 0.6) is 0 Å². The van der Waals surface area contributed by atoms with Crippen LogP contribution in [-0.4, -0.2) is 43.7 Å². The van der Waals surface area contributed by atoms with Crippen molar-refractivity contribution in [2.75, 3.05) is 26.7 Å². The molecule has 1 aliphatic heterocycles. The first-order chi connectivity index (χ1) is 5.25. The first kappa shape index (κ1) is 8.49. The maximum Gasteiger partial charge on any atom is 0.237 e. The number of carbonyl (C=O) groups excluding carboxylic acids is 1. The Morgan fingerprint density at radius 3 is 3.00 bits per heavy atom. The average Bonchev–Trinajstić information content (AvgIpc) is 2.04. The van der Waals surface area contributed by atoms with Crippen LogP contribution in [0, 0.1) is 0 Å². The molecule has 1 rings (SSSR count). The van der Waals surface area contributed by atoms with E-state index in [1.54, 1.807) is 0 Å². The molecule has 0 aromatic rings. The normalized spacial score (nSPS) is 22.0. The van der Waals surface area contributed by atoms with Gasteiger partial charge in [0.2, 0.25) is 5.91 Å². The zero-order valence-corrected chi connectivity index (χ0v) is 7.05. The molecule has 1 atom stereocenters. The Balaban J connectivity index is 2.47. The molecule has 1 unspecified atom stereocenters. The molecule has 0 radical (unpaired) electrons. The number of rotatable bonds is 2. The topological polar surface area (TPSA) is 44.4 Å². The maximum atomic E-state index is 11.2. The molecule has 0 spiro atoms. The summed E-state index contributed by atoms with van der Waals surface area (Å²) in [5, 5.41) is 6.07. The van der Waals surface area contributed by atoms with E-state index >= 15 is 0 Å². The van der Waals surface area contributed by atoms with Crippen molar-refractivity contribution in [1.82, 2.24) is 15.5 Å². The Morgan fingerprint density at radius 2 is 2.45 bits per heavy atom. The highest BCUT2D eigenvalue weighted by Crippen LogP contribution is 1.98. The highest BCUT2D eigenvalue weighted by molar-refractivity contribution is 5.79. The van der Waals surface area contributed by atoms with E-state index < -0.39 is 0 Å². The van der Waals surface area contributed by atoms with Gasteiger partial charge in [0.25, 0.3) is 0 Å². The lowest BCUT2D eigenvalue weighted by Crippen LogP contribution is -2.55. The molecule has 1 aliphatic rings. The Bertz CT molecular complexity index is 149. The van der Waals surface area contributed by atoms with E-state index in [2.05, 4.69) is 10.6 Å². The fourth-order valence-corrected chi connectivity index (χ4v) is 1.19. The maximum absolute atomic E-state index is 11.2. The standard InChI is InChI=1S/C7H15N3O/c1-6(8-2)10-4-3-9-5-7(10)11/h6,8-9H,3-5H2,1-2H3. The van der Waals surface area contributed by atoms with Gasteiger partial charge in [0, 0.05) is 13.1 Å². The lowest BCUT2D eigenvalue weighted by atomic mass is 10.3. The van der Waals surface area contributed by atoms with Crippen molar-refractivity contribution in [1.29, 1.82) is 0 Å². The number of piperazine rings is 1. The largest absolute Gasteiger partial charge is 0.325 e. The van der Waals surface area contributed by atoms with E-state index in [1.165, 1.54) is 0 Å². The molecule has 4 heteroatoms. The highest BCUT2D eigenvalue weighted by Gasteiger charge is 2.20. The lowest BCUT2D eigenvalue weighted by Gasteiger charge is -2.32. The summed E-state index contributed by atoms with van der Waals surface area (Å²) in [5.41, 5.74) is 0. The Hall–Kier alpha value is -0.610. The van der Waals surface area contributed by atoms with Crippen molar-refractivity contribution < 1.29 is 4.79 Å². The van der Waals surface area contributed by atoms with Gasteiger partial charge in [0.1, 0.15) is 0 Å². The quantitative estimate of drug-likeness (QED) is 0.539. The third kappa shape index (κ3) is 1.91. The van der Waals surface area contributed by atoms with Crippen molar-refractivity contribution in [3.05, 3.63) is 0 Å². The first-order valence-corrected chi connectivity index (χ1v) is 3.93. The molecule has 1 heterocycles. The van der Waals surface area contributed by atoms with E-state index in [9.17, 15) is 4.79 Å². The van der Waals surface area contributed by atoms with E-state index in [0.29, 0.717) is 6.54 Å². The molecule has 0 saturated carbocycles. The molecule has 0 aromatic heterocycles. The van der Waals surface area contributed by atoms with Crippen LogP contribution >= 0.6 is 0 Å². The Kier molecular flexibility index (Phi) is 2.84. The predicted octanol–water partition coefficient (Wildman–Crippen LogP) is -1.02. The second-order valence-electron chi connectivity index (χ2n) is 2.73. The molecule has 11 heavy (non-hydrogen) atoms. The van der Waals surface area contributed by atoms with Gasteiger partial charge < -0.3 is 15.5 Å². The number of hydrogen-bond donors (Lipinski definition) is 2. The number of nitrogens with zero attached hydrogens (tertiary/aromatic N) is 1. The molecule has 0 aliphatic carbocycles. The monoisotopic (exact) mass is 157 g/mol. The molecule has 1 amide bonds. The van der Waals surface area contributed by atoms with E-state index in [4.69, 9.17) is 0 Å². The fourth-order valence-electron chi connectivity index (χ4n) is 1.19. The minimum atomic E-state index is 0.157. The number of carbonyl (C=O) groups is 1. The second kappa shape index (κ2) is 3.69. The van der Waals surface area contributed by atoms with Crippen LogP contribution in [0.1, 0.15) is 6.92 Å². The van der Waals surface area contributed by atoms with Gasteiger partial charge in [0.15, 0.2) is 0 Å². The SMILES string of the molecule is CNC(C)N1CCNCC1=O. The van der Waals surface area contributed by atoms with Gasteiger partial charge in [-0.3, -0.25) is 4.79 Å². The summed E-state index contributed by atoms with van der Waals surface area (Å²) in [6, 6.07) is 0. The van der Waals surface area contributed by atoms with Crippen molar-refractivity contribution >= 4 is 5.91 Å². The molecule has 1 fully saturated rings. The molecular weight excluding hydrogens is 142 g/mol. The van der Waals surface area contributed by atoms with Crippen LogP contribution in [0.3, 0.4) is 0 Å². The van der Waals surface area contributed by atoms with E-state index in [-0.39, 0.29) is 12.1 Å². The zero-order valence-electron chi connectivity index (χ0n) is 7.05. The van der Waals surface area contributed by atoms with Gasteiger partial charge in [-0.15, -0.1) is 0 Å². The number of hydrogen-bond acceptors (Lipinski definition) is 3. The summed E-state index contributed by atoms with van der Waals surface area (Å²) < 4.78 is 0. The third-order valence-electron chi connectivity index (χ3n) is 2.01. The molecule has 0 aromatic carbocycles. The minimum Gasteiger partial charge on any atom is -0.325 e. The summed E-state index contributed by atoms with van der Waals surface area (Å²) in [6.45, 7) is 4.17. The predicted molar refractivity (Wildman–Crippen MR) is 43.1 cm³/mol. The van der Waals surface area contributed by atoms with Crippen LogP contribution in [-0.2, 0) is 4.79 Å². The molecule has 2 N–H and O–H groups in total. The summed E-state index contributed by atoms with van der Waals surface area (Å²) in [4.78, 5) is 13.1. The second-order valence-corrected chi connectivity index (χ2v) is 2.73. The summed E-state index contributed by atoms with van der Waals surface area (Å²) in [7, 11) is 1.86. The lowest BCUT2D eigenvalue weighted by molar-refractivity contribution is -0.134. The highest BCUT2D eigenvalue weighted by atomic mass is 16.2. The van der Waals surface area contributed by atoms with Crippen LogP contribution in [0.2, 0.25) is 0 Å². The summed E-state index contributed by atoms with van der Waals surface area (Å²) >= 11 is 0. The summed E-state index contributed by atoms with van der Waals surface area (Å²) in [6.07, 6.45) is 0.157. The van der Waals surface area contributed by atoms with Crippen LogP contribution < -0.4 is 10.6 Å². The van der Waals surface area contributed by atoms with Gasteiger partial charge in [-0.1, -0.05) is 0 Å². The smallest absolute Gasteiger partial charge is 0.237 e. The molecule has 4 nitrogen and oxygen atoms in total. The van der Waals surface area contributed by atoms with Crippen LogP contribution in [0.4, 0.5) is 0 Å². The van der Waals surface area contributed by atoms with Crippen LogP contribution in [0.25, 0.3) is 0 Å². The van der Waals surface area contributed by atoms with Gasteiger partial charge in [-0.2, -0.15) is 0 Å². The van der Waals surface area contributed by atoms with Gasteiger partial charge in [-0.25, -0.2) is 0 Å². The molecule has 1 saturated heterocycles.